The van der Waals surface area contributed by atoms with Crippen LogP contribution in [-0.4, -0.2) is 5.91 Å². The van der Waals surface area contributed by atoms with Crippen molar-refractivity contribution in [1.82, 2.24) is 0 Å². The molecule has 2 aromatic carbocycles. The molecular formula is C15H14F2N2O. The molecule has 20 heavy (non-hydrogen) atoms. The van der Waals surface area contributed by atoms with Crippen LogP contribution in [0.1, 0.15) is 18.4 Å². The molecule has 3 nitrogen and oxygen atoms in total. The van der Waals surface area contributed by atoms with Gasteiger partial charge in [-0.05, 0) is 36.8 Å². The van der Waals surface area contributed by atoms with Gasteiger partial charge in [-0.15, -0.1) is 0 Å². The van der Waals surface area contributed by atoms with E-state index >= 15 is 0 Å². The summed E-state index contributed by atoms with van der Waals surface area (Å²) in [6.45, 7) is 1.69. The molecule has 3 N–H and O–H groups in total. The predicted molar refractivity (Wildman–Crippen MR) is 74.3 cm³/mol. The number of nitrogens with two attached hydrogens (primary N) is 1. The maximum atomic E-state index is 13.0. The maximum absolute atomic E-state index is 13.0. The highest BCUT2D eigenvalue weighted by Gasteiger charge is 2.16. The molecule has 0 spiro atoms. The lowest BCUT2D eigenvalue weighted by atomic mass is 10.00. The zero-order valence-corrected chi connectivity index (χ0v) is 10.9. The first-order chi connectivity index (χ1) is 9.45. The molecule has 2 rings (SSSR count). The van der Waals surface area contributed by atoms with Gasteiger partial charge in [0, 0.05) is 17.4 Å². The van der Waals surface area contributed by atoms with Crippen LogP contribution < -0.4 is 11.1 Å². The number of carbonyl (C=O) groups excluding carboxylic acids is 1. The second-order valence-electron chi connectivity index (χ2n) is 4.54. The fourth-order valence-corrected chi connectivity index (χ4v) is 1.86. The van der Waals surface area contributed by atoms with Crippen LogP contribution in [0.4, 0.5) is 20.2 Å². The highest BCUT2D eigenvalue weighted by atomic mass is 19.1. The SMILES string of the molecule is CC(C(=O)Nc1cc(F)cc(F)c1)c1cccc(N)c1. The third-order valence-corrected chi connectivity index (χ3v) is 2.93. The zero-order valence-electron chi connectivity index (χ0n) is 10.9. The first-order valence-electron chi connectivity index (χ1n) is 6.08. The Kier molecular flexibility index (Phi) is 3.98. The minimum Gasteiger partial charge on any atom is -0.399 e. The van der Waals surface area contributed by atoms with Crippen LogP contribution in [0.15, 0.2) is 42.5 Å². The molecular weight excluding hydrogens is 262 g/mol. The van der Waals surface area contributed by atoms with Crippen molar-refractivity contribution in [2.75, 3.05) is 11.1 Å². The van der Waals surface area contributed by atoms with Crippen LogP contribution in [-0.2, 0) is 4.79 Å². The second kappa shape index (κ2) is 5.69. The van der Waals surface area contributed by atoms with Crippen LogP contribution >= 0.6 is 0 Å². The molecule has 0 aliphatic rings. The minimum absolute atomic E-state index is 0.0863. The molecule has 5 heteroatoms. The second-order valence-corrected chi connectivity index (χ2v) is 4.54. The summed E-state index contributed by atoms with van der Waals surface area (Å²) in [7, 11) is 0. The van der Waals surface area contributed by atoms with Gasteiger partial charge in [0.05, 0.1) is 5.92 Å². The molecule has 2 aromatic rings. The van der Waals surface area contributed by atoms with Crippen molar-refractivity contribution in [3.63, 3.8) is 0 Å². The summed E-state index contributed by atoms with van der Waals surface area (Å²) in [6.07, 6.45) is 0. The van der Waals surface area contributed by atoms with Gasteiger partial charge in [0.15, 0.2) is 0 Å². The first-order valence-corrected chi connectivity index (χ1v) is 6.08. The number of carbonyl (C=O) groups is 1. The molecule has 0 saturated heterocycles. The van der Waals surface area contributed by atoms with E-state index in [2.05, 4.69) is 5.32 Å². The van der Waals surface area contributed by atoms with Crippen LogP contribution in [0.5, 0.6) is 0 Å². The van der Waals surface area contributed by atoms with E-state index < -0.39 is 17.6 Å². The Hall–Kier alpha value is -2.43. The number of hydrogen-bond donors (Lipinski definition) is 2. The average molecular weight is 276 g/mol. The van der Waals surface area contributed by atoms with Crippen molar-refractivity contribution in [2.24, 2.45) is 0 Å². The van der Waals surface area contributed by atoms with Crippen molar-refractivity contribution in [1.29, 1.82) is 0 Å². The van der Waals surface area contributed by atoms with Gasteiger partial charge in [0.1, 0.15) is 11.6 Å². The summed E-state index contributed by atoms with van der Waals surface area (Å²) >= 11 is 0. The third-order valence-electron chi connectivity index (χ3n) is 2.93. The number of anilines is 2. The van der Waals surface area contributed by atoms with Crippen LogP contribution in [0, 0.1) is 11.6 Å². The van der Waals surface area contributed by atoms with Crippen LogP contribution in [0.3, 0.4) is 0 Å². The summed E-state index contributed by atoms with van der Waals surface area (Å²) in [6, 6.07) is 9.80. The summed E-state index contributed by atoms with van der Waals surface area (Å²) in [5, 5.41) is 2.48. The smallest absolute Gasteiger partial charge is 0.231 e. The lowest BCUT2D eigenvalue weighted by Gasteiger charge is -2.13. The van der Waals surface area contributed by atoms with E-state index in [0.29, 0.717) is 5.69 Å². The summed E-state index contributed by atoms with van der Waals surface area (Å²) < 4.78 is 26.1. The Morgan fingerprint density at radius 3 is 2.40 bits per heavy atom. The van der Waals surface area contributed by atoms with Crippen LogP contribution in [0.25, 0.3) is 0 Å². The van der Waals surface area contributed by atoms with Gasteiger partial charge in [0.25, 0.3) is 0 Å². The number of amides is 1. The molecule has 0 bridgehead atoms. The fraction of sp³-hybridized carbons (Fsp3) is 0.133. The van der Waals surface area contributed by atoms with Gasteiger partial charge in [-0.3, -0.25) is 4.79 Å². The third kappa shape index (κ3) is 3.32. The lowest BCUT2D eigenvalue weighted by Crippen LogP contribution is -2.19. The van der Waals surface area contributed by atoms with E-state index in [1.54, 1.807) is 31.2 Å². The van der Waals surface area contributed by atoms with Crippen LogP contribution in [0.2, 0.25) is 0 Å². The predicted octanol–water partition coefficient (Wildman–Crippen LogP) is 3.29. The molecule has 0 aliphatic carbocycles. The van der Waals surface area contributed by atoms with Gasteiger partial charge in [-0.2, -0.15) is 0 Å². The van der Waals surface area contributed by atoms with E-state index in [4.69, 9.17) is 5.73 Å². The van der Waals surface area contributed by atoms with Crippen molar-refractivity contribution >= 4 is 17.3 Å². The quantitative estimate of drug-likeness (QED) is 0.845. The molecule has 0 aliphatic heterocycles. The molecule has 1 atom stereocenters. The molecule has 1 amide bonds. The van der Waals surface area contributed by atoms with Gasteiger partial charge >= 0.3 is 0 Å². The Labute approximate surface area is 115 Å². The maximum Gasteiger partial charge on any atom is 0.231 e. The first kappa shape index (κ1) is 14.0. The number of rotatable bonds is 3. The lowest BCUT2D eigenvalue weighted by molar-refractivity contribution is -0.117. The van der Waals surface area contributed by atoms with Gasteiger partial charge in [-0.25, -0.2) is 8.78 Å². The normalized spacial score (nSPS) is 11.9. The number of halogens is 2. The molecule has 0 saturated carbocycles. The molecule has 0 aromatic heterocycles. The molecule has 0 fully saturated rings. The highest BCUT2D eigenvalue weighted by molar-refractivity contribution is 5.95. The van der Waals surface area contributed by atoms with Crippen molar-refractivity contribution < 1.29 is 13.6 Å². The molecule has 0 radical (unpaired) electrons. The highest BCUT2D eigenvalue weighted by Crippen LogP contribution is 2.20. The van der Waals surface area contributed by atoms with Crippen molar-refractivity contribution in [3.05, 3.63) is 59.7 Å². The zero-order chi connectivity index (χ0) is 14.7. The van der Waals surface area contributed by atoms with Gasteiger partial charge in [0.2, 0.25) is 5.91 Å². The van der Waals surface area contributed by atoms with Gasteiger partial charge in [-0.1, -0.05) is 12.1 Å². The largest absolute Gasteiger partial charge is 0.399 e. The summed E-state index contributed by atoms with van der Waals surface area (Å²) in [5.74, 6) is -2.32. The Balaban J connectivity index is 2.15. The Bertz CT molecular complexity index is 623. The molecule has 0 heterocycles. The molecule has 1 unspecified atom stereocenters. The van der Waals surface area contributed by atoms with E-state index in [1.165, 1.54) is 0 Å². The van der Waals surface area contributed by atoms with E-state index in [1.807, 2.05) is 0 Å². The number of hydrogen-bond acceptors (Lipinski definition) is 2. The average Bonchev–Trinajstić information content (AvgIpc) is 2.36. The monoisotopic (exact) mass is 276 g/mol. The van der Waals surface area contributed by atoms with E-state index in [9.17, 15) is 13.6 Å². The van der Waals surface area contributed by atoms with Crippen molar-refractivity contribution in [3.8, 4) is 0 Å². The number of nitrogen functional groups attached to an aromatic ring is 1. The fourth-order valence-electron chi connectivity index (χ4n) is 1.86. The van der Waals surface area contributed by atoms with E-state index in [-0.39, 0.29) is 11.6 Å². The summed E-state index contributed by atoms with van der Waals surface area (Å²) in [4.78, 5) is 12.0. The van der Waals surface area contributed by atoms with Crippen molar-refractivity contribution in [2.45, 2.75) is 12.8 Å². The van der Waals surface area contributed by atoms with Gasteiger partial charge < -0.3 is 11.1 Å². The summed E-state index contributed by atoms with van der Waals surface area (Å²) in [5.41, 5.74) is 7.03. The minimum atomic E-state index is -0.739. The number of benzene rings is 2. The Morgan fingerprint density at radius 2 is 1.80 bits per heavy atom. The van der Waals surface area contributed by atoms with E-state index in [0.717, 1.165) is 23.8 Å². The topological polar surface area (TPSA) is 55.1 Å². The molecule has 104 valence electrons. The standard InChI is InChI=1S/C15H14F2N2O/c1-9(10-3-2-4-13(18)5-10)15(20)19-14-7-11(16)6-12(17)8-14/h2-9H,18H2,1H3,(H,19,20). The number of nitrogens with one attached hydrogen (secondary N) is 1. The Morgan fingerprint density at radius 1 is 1.15 bits per heavy atom.